The fourth-order valence-corrected chi connectivity index (χ4v) is 5.90. The Balaban J connectivity index is 1.55. The SMILES string of the molecule is CCOC(=O)C1=C(C)N=c2sc(=Cc3ccc(OCc4ccc(F)cc4)cc3)c(=O)n2C1c1cccc(OC)c1OCC. The lowest BCUT2D eigenvalue weighted by Gasteiger charge is -2.26. The molecule has 2 heterocycles. The van der Waals surface area contributed by atoms with Crippen LogP contribution in [0.15, 0.2) is 87.8 Å². The van der Waals surface area contributed by atoms with Gasteiger partial charge in [0.1, 0.15) is 24.2 Å². The molecule has 1 aliphatic heterocycles. The van der Waals surface area contributed by atoms with Crippen LogP contribution in [0.2, 0.25) is 0 Å². The maximum absolute atomic E-state index is 14.0. The monoisotopic (exact) mass is 602 g/mol. The lowest BCUT2D eigenvalue weighted by Crippen LogP contribution is -2.40. The van der Waals surface area contributed by atoms with Crippen LogP contribution < -0.4 is 29.1 Å². The number of nitrogens with zero attached hydrogens (tertiary/aromatic N) is 2. The Morgan fingerprint density at radius 1 is 1.02 bits per heavy atom. The number of hydrogen-bond donors (Lipinski definition) is 0. The van der Waals surface area contributed by atoms with E-state index in [0.717, 1.165) is 11.1 Å². The van der Waals surface area contributed by atoms with E-state index in [1.807, 2.05) is 37.3 Å². The quantitative estimate of drug-likeness (QED) is 0.240. The van der Waals surface area contributed by atoms with E-state index in [-0.39, 0.29) is 23.6 Å². The third-order valence-electron chi connectivity index (χ3n) is 6.83. The third kappa shape index (κ3) is 6.24. The smallest absolute Gasteiger partial charge is 0.338 e. The number of hydrogen-bond acceptors (Lipinski definition) is 8. The maximum atomic E-state index is 14.0. The average Bonchev–Trinajstić information content (AvgIpc) is 3.31. The van der Waals surface area contributed by atoms with Crippen molar-refractivity contribution in [2.75, 3.05) is 20.3 Å². The van der Waals surface area contributed by atoms with E-state index in [4.69, 9.17) is 18.9 Å². The Morgan fingerprint density at radius 2 is 1.77 bits per heavy atom. The van der Waals surface area contributed by atoms with Crippen molar-refractivity contribution < 1.29 is 28.1 Å². The minimum Gasteiger partial charge on any atom is -0.493 e. The second-order valence-electron chi connectivity index (χ2n) is 9.60. The zero-order valence-electron chi connectivity index (χ0n) is 24.3. The van der Waals surface area contributed by atoms with Gasteiger partial charge in [0.05, 0.1) is 36.1 Å². The van der Waals surface area contributed by atoms with Gasteiger partial charge in [-0.05, 0) is 68.3 Å². The van der Waals surface area contributed by atoms with Gasteiger partial charge in [-0.25, -0.2) is 14.2 Å². The summed E-state index contributed by atoms with van der Waals surface area (Å²) in [4.78, 5) is 32.4. The summed E-state index contributed by atoms with van der Waals surface area (Å²) in [6.07, 6.45) is 1.78. The van der Waals surface area contributed by atoms with E-state index in [9.17, 15) is 14.0 Å². The van der Waals surface area contributed by atoms with Crippen molar-refractivity contribution >= 4 is 23.4 Å². The highest BCUT2D eigenvalue weighted by molar-refractivity contribution is 7.07. The number of aromatic nitrogens is 1. The van der Waals surface area contributed by atoms with Gasteiger partial charge in [0.25, 0.3) is 5.56 Å². The molecule has 0 bridgehead atoms. The molecule has 3 aromatic carbocycles. The molecule has 43 heavy (non-hydrogen) atoms. The number of benzene rings is 3. The Labute approximate surface area is 252 Å². The van der Waals surface area contributed by atoms with Gasteiger partial charge in [0.15, 0.2) is 16.3 Å². The Bertz CT molecular complexity index is 1840. The number of ether oxygens (including phenoxy) is 4. The molecule has 10 heteroatoms. The number of rotatable bonds is 10. The summed E-state index contributed by atoms with van der Waals surface area (Å²) < 4.78 is 37.9. The lowest BCUT2D eigenvalue weighted by molar-refractivity contribution is -0.139. The first kappa shape index (κ1) is 29.8. The van der Waals surface area contributed by atoms with E-state index in [1.165, 1.54) is 28.0 Å². The molecule has 4 aromatic rings. The molecule has 8 nitrogen and oxygen atoms in total. The van der Waals surface area contributed by atoms with Crippen molar-refractivity contribution in [3.05, 3.63) is 120 Å². The van der Waals surface area contributed by atoms with Crippen LogP contribution in [0.1, 0.15) is 43.5 Å². The van der Waals surface area contributed by atoms with Gasteiger partial charge in [0, 0.05) is 5.56 Å². The molecular formula is C33H31FN2O6S. The number of fused-ring (bicyclic) bond motifs is 1. The molecule has 0 N–H and O–H groups in total. The summed E-state index contributed by atoms with van der Waals surface area (Å²) in [5.41, 5.74) is 2.65. The van der Waals surface area contributed by atoms with Crippen LogP contribution in [0.5, 0.6) is 17.2 Å². The van der Waals surface area contributed by atoms with Crippen LogP contribution in [0.4, 0.5) is 4.39 Å². The van der Waals surface area contributed by atoms with Gasteiger partial charge >= 0.3 is 5.97 Å². The average molecular weight is 603 g/mol. The molecule has 1 atom stereocenters. The molecule has 5 rings (SSSR count). The van der Waals surface area contributed by atoms with Gasteiger partial charge in [-0.1, -0.05) is 47.7 Å². The number of esters is 1. The van der Waals surface area contributed by atoms with E-state index in [1.54, 1.807) is 51.3 Å². The molecule has 222 valence electrons. The van der Waals surface area contributed by atoms with Gasteiger partial charge in [-0.15, -0.1) is 0 Å². The van der Waals surface area contributed by atoms with Crippen LogP contribution in [0, 0.1) is 5.82 Å². The van der Waals surface area contributed by atoms with Crippen molar-refractivity contribution in [1.29, 1.82) is 0 Å². The van der Waals surface area contributed by atoms with Crippen molar-refractivity contribution in [1.82, 2.24) is 4.57 Å². The number of thiazole rings is 1. The molecule has 0 radical (unpaired) electrons. The normalized spacial score (nSPS) is 14.6. The van der Waals surface area contributed by atoms with Crippen LogP contribution in [-0.4, -0.2) is 30.9 Å². The van der Waals surface area contributed by atoms with Crippen molar-refractivity contribution in [2.24, 2.45) is 4.99 Å². The summed E-state index contributed by atoms with van der Waals surface area (Å²) in [5.74, 6) is 0.722. The van der Waals surface area contributed by atoms with Crippen LogP contribution in [0.3, 0.4) is 0 Å². The second kappa shape index (κ2) is 13.1. The van der Waals surface area contributed by atoms with Crippen molar-refractivity contribution in [3.63, 3.8) is 0 Å². The topological polar surface area (TPSA) is 88.4 Å². The molecule has 1 unspecified atom stereocenters. The number of carbonyl (C=O) groups is 1. The molecule has 1 aliphatic rings. The van der Waals surface area contributed by atoms with Crippen LogP contribution in [-0.2, 0) is 16.1 Å². The highest BCUT2D eigenvalue weighted by Crippen LogP contribution is 2.40. The maximum Gasteiger partial charge on any atom is 0.338 e. The highest BCUT2D eigenvalue weighted by Gasteiger charge is 2.36. The summed E-state index contributed by atoms with van der Waals surface area (Å²) >= 11 is 1.24. The van der Waals surface area contributed by atoms with Gasteiger partial charge in [0.2, 0.25) is 0 Å². The highest BCUT2D eigenvalue weighted by atomic mass is 32.1. The fourth-order valence-electron chi connectivity index (χ4n) is 4.85. The fraction of sp³-hybridized carbons (Fsp3) is 0.242. The predicted molar refractivity (Wildman–Crippen MR) is 162 cm³/mol. The first-order valence-electron chi connectivity index (χ1n) is 13.8. The molecule has 0 saturated carbocycles. The van der Waals surface area contributed by atoms with E-state index >= 15 is 0 Å². The molecular weight excluding hydrogens is 571 g/mol. The van der Waals surface area contributed by atoms with Gasteiger partial charge in [-0.2, -0.15) is 0 Å². The minimum absolute atomic E-state index is 0.173. The standard InChI is InChI=1S/C33H31FN2O6S/c1-5-40-30-25(8-7-9-26(30)39-4)29-28(32(38)41-6-2)20(3)35-33-36(29)31(37)27(43-33)18-21-12-16-24(17-13-21)42-19-22-10-14-23(34)15-11-22/h7-18,29H,5-6,19H2,1-4H3. The third-order valence-corrected chi connectivity index (χ3v) is 7.81. The number of allylic oxidation sites excluding steroid dienone is 1. The van der Waals surface area contributed by atoms with Crippen molar-refractivity contribution in [2.45, 2.75) is 33.4 Å². The zero-order valence-corrected chi connectivity index (χ0v) is 25.1. The predicted octanol–water partition coefficient (Wildman–Crippen LogP) is 4.92. The van der Waals surface area contributed by atoms with Crippen LogP contribution in [0.25, 0.3) is 6.08 Å². The Morgan fingerprint density at radius 3 is 2.44 bits per heavy atom. The zero-order chi connectivity index (χ0) is 30.5. The second-order valence-corrected chi connectivity index (χ2v) is 10.6. The molecule has 0 aliphatic carbocycles. The Kier molecular flexibility index (Phi) is 9.06. The number of para-hydroxylation sites is 1. The Hall–Kier alpha value is -4.70. The molecule has 1 aromatic heterocycles. The van der Waals surface area contributed by atoms with Gasteiger partial charge < -0.3 is 18.9 Å². The molecule has 0 spiro atoms. The first-order valence-corrected chi connectivity index (χ1v) is 14.6. The van der Waals surface area contributed by atoms with Crippen LogP contribution >= 0.6 is 11.3 Å². The summed E-state index contributed by atoms with van der Waals surface area (Å²) in [7, 11) is 1.54. The summed E-state index contributed by atoms with van der Waals surface area (Å²) in [6.45, 7) is 6.15. The summed E-state index contributed by atoms with van der Waals surface area (Å²) in [5, 5.41) is 0. The van der Waals surface area contributed by atoms with E-state index in [0.29, 0.717) is 51.1 Å². The number of carbonyl (C=O) groups excluding carboxylic acids is 1. The van der Waals surface area contributed by atoms with E-state index < -0.39 is 12.0 Å². The molecule has 0 saturated heterocycles. The number of halogens is 1. The number of methoxy groups -OCH3 is 1. The largest absolute Gasteiger partial charge is 0.493 e. The van der Waals surface area contributed by atoms with Gasteiger partial charge in [-0.3, -0.25) is 9.36 Å². The van der Waals surface area contributed by atoms with Crippen molar-refractivity contribution in [3.8, 4) is 17.2 Å². The summed E-state index contributed by atoms with van der Waals surface area (Å²) in [6, 6.07) is 18.0. The molecule has 0 fully saturated rings. The van der Waals surface area contributed by atoms with E-state index in [2.05, 4.69) is 4.99 Å². The molecule has 0 amide bonds. The lowest BCUT2D eigenvalue weighted by atomic mass is 9.94. The first-order chi connectivity index (χ1) is 20.8. The minimum atomic E-state index is -0.837.